The molecule has 17 heavy (non-hydrogen) atoms. The van der Waals surface area contributed by atoms with Gasteiger partial charge in [0.2, 0.25) is 5.91 Å². The van der Waals surface area contributed by atoms with Crippen molar-refractivity contribution in [2.45, 2.75) is 17.8 Å². The molecule has 1 amide bonds. The molecular formula is C12H13BrClNO2. The van der Waals surface area contributed by atoms with Crippen LogP contribution in [-0.4, -0.2) is 29.3 Å². The summed E-state index contributed by atoms with van der Waals surface area (Å²) in [6, 6.07) is 5.50. The van der Waals surface area contributed by atoms with Gasteiger partial charge < -0.3 is 9.64 Å². The van der Waals surface area contributed by atoms with E-state index in [1.807, 2.05) is 18.2 Å². The minimum atomic E-state index is -0.0593. The molecule has 0 spiro atoms. The fourth-order valence-electron chi connectivity index (χ4n) is 1.93. The van der Waals surface area contributed by atoms with Crippen LogP contribution < -0.4 is 4.74 Å². The molecule has 1 saturated heterocycles. The Morgan fingerprint density at radius 1 is 1.59 bits per heavy atom. The zero-order valence-electron chi connectivity index (χ0n) is 9.45. The normalized spacial score (nSPS) is 19.8. The average molecular weight is 319 g/mol. The lowest BCUT2D eigenvalue weighted by Gasteiger charge is -2.18. The van der Waals surface area contributed by atoms with E-state index < -0.39 is 0 Å². The number of carbonyl (C=O) groups is 1. The molecule has 0 aliphatic carbocycles. The van der Waals surface area contributed by atoms with Crippen molar-refractivity contribution in [1.29, 1.82) is 0 Å². The minimum absolute atomic E-state index is 0.0593. The molecule has 1 aliphatic heterocycles. The first-order valence-corrected chi connectivity index (χ1v) is 6.67. The molecule has 2 rings (SSSR count). The van der Waals surface area contributed by atoms with E-state index in [-0.39, 0.29) is 10.7 Å². The highest BCUT2D eigenvalue weighted by Crippen LogP contribution is 2.29. The van der Waals surface area contributed by atoms with Crippen LogP contribution in [0.25, 0.3) is 0 Å². The number of hydrogen-bond acceptors (Lipinski definition) is 2. The molecule has 1 fully saturated rings. The highest BCUT2D eigenvalue weighted by molar-refractivity contribution is 9.10. The van der Waals surface area contributed by atoms with Gasteiger partial charge in [0.05, 0.1) is 18.5 Å². The van der Waals surface area contributed by atoms with Gasteiger partial charge in [-0.15, -0.1) is 0 Å². The average Bonchev–Trinajstić information content (AvgIpc) is 2.63. The molecule has 1 aromatic rings. The van der Waals surface area contributed by atoms with Crippen LogP contribution in [0.3, 0.4) is 0 Å². The summed E-state index contributed by atoms with van der Waals surface area (Å²) >= 11 is 9.50. The van der Waals surface area contributed by atoms with Crippen LogP contribution in [0.2, 0.25) is 5.02 Å². The Balaban J connectivity index is 2.21. The van der Waals surface area contributed by atoms with Crippen molar-refractivity contribution in [3.05, 3.63) is 28.8 Å². The van der Waals surface area contributed by atoms with E-state index in [4.69, 9.17) is 16.3 Å². The van der Waals surface area contributed by atoms with Crippen molar-refractivity contribution in [2.75, 3.05) is 13.7 Å². The van der Waals surface area contributed by atoms with E-state index in [2.05, 4.69) is 15.9 Å². The lowest BCUT2D eigenvalue weighted by atomic mass is 10.2. The fraction of sp³-hybridized carbons (Fsp3) is 0.417. The summed E-state index contributed by atoms with van der Waals surface area (Å²) in [4.78, 5) is 13.6. The number of benzene rings is 1. The predicted octanol–water partition coefficient (Wildman–Crippen LogP) is 2.84. The van der Waals surface area contributed by atoms with Crippen LogP contribution in [0.4, 0.5) is 0 Å². The lowest BCUT2D eigenvalue weighted by molar-refractivity contribution is -0.127. The zero-order chi connectivity index (χ0) is 12.4. The van der Waals surface area contributed by atoms with E-state index in [9.17, 15) is 4.79 Å². The molecular weight excluding hydrogens is 305 g/mol. The van der Waals surface area contributed by atoms with Gasteiger partial charge in [-0.05, 0) is 18.6 Å². The Kier molecular flexibility index (Phi) is 3.94. The highest BCUT2D eigenvalue weighted by atomic mass is 79.9. The number of rotatable bonds is 3. The molecule has 92 valence electrons. The zero-order valence-corrected chi connectivity index (χ0v) is 11.8. The first-order chi connectivity index (χ1) is 8.13. The molecule has 1 heterocycles. The molecule has 5 heteroatoms. The number of carbonyl (C=O) groups excluding carboxylic acids is 1. The summed E-state index contributed by atoms with van der Waals surface area (Å²) in [6.07, 6.45) is 0.839. The summed E-state index contributed by atoms with van der Waals surface area (Å²) in [5, 5.41) is 0.634. The molecule has 0 aromatic heterocycles. The monoisotopic (exact) mass is 317 g/mol. The minimum Gasteiger partial charge on any atom is -0.496 e. The van der Waals surface area contributed by atoms with Gasteiger partial charge in [-0.1, -0.05) is 33.6 Å². The van der Waals surface area contributed by atoms with Crippen LogP contribution >= 0.6 is 27.5 Å². The highest BCUT2D eigenvalue weighted by Gasteiger charge is 2.30. The standard InChI is InChI=1S/C12H13BrClNO2/c1-17-11-4-2-3-10(14)8(11)7-15-6-5-9(13)12(15)16/h2-4,9H,5-7H2,1H3. The Morgan fingerprint density at radius 2 is 2.35 bits per heavy atom. The van der Waals surface area contributed by atoms with E-state index in [1.165, 1.54) is 0 Å². The Labute approximate surface area is 114 Å². The maximum Gasteiger partial charge on any atom is 0.236 e. The third-order valence-corrected chi connectivity index (χ3v) is 4.08. The van der Waals surface area contributed by atoms with Gasteiger partial charge in [0, 0.05) is 17.1 Å². The molecule has 0 saturated carbocycles. The maximum absolute atomic E-state index is 11.8. The summed E-state index contributed by atoms with van der Waals surface area (Å²) in [5.74, 6) is 0.843. The number of amides is 1. The predicted molar refractivity (Wildman–Crippen MR) is 70.8 cm³/mol. The molecule has 1 unspecified atom stereocenters. The fourth-order valence-corrected chi connectivity index (χ4v) is 2.65. The number of alkyl halides is 1. The Hall–Kier alpha value is -0.740. The van der Waals surface area contributed by atoms with Crippen molar-refractivity contribution >= 4 is 33.4 Å². The SMILES string of the molecule is COc1cccc(Cl)c1CN1CCC(Br)C1=O. The van der Waals surface area contributed by atoms with Crippen molar-refractivity contribution in [3.63, 3.8) is 0 Å². The van der Waals surface area contributed by atoms with Crippen LogP contribution in [0.1, 0.15) is 12.0 Å². The molecule has 0 bridgehead atoms. The van der Waals surface area contributed by atoms with E-state index >= 15 is 0 Å². The number of halogens is 2. The molecule has 1 atom stereocenters. The number of hydrogen-bond donors (Lipinski definition) is 0. The molecule has 1 aliphatic rings. The van der Waals surface area contributed by atoms with Gasteiger partial charge in [-0.2, -0.15) is 0 Å². The van der Waals surface area contributed by atoms with Crippen molar-refractivity contribution < 1.29 is 9.53 Å². The van der Waals surface area contributed by atoms with Gasteiger partial charge in [-0.3, -0.25) is 4.79 Å². The second-order valence-electron chi connectivity index (χ2n) is 3.94. The first-order valence-electron chi connectivity index (χ1n) is 5.37. The van der Waals surface area contributed by atoms with Gasteiger partial charge in [0.25, 0.3) is 0 Å². The van der Waals surface area contributed by atoms with Crippen molar-refractivity contribution in [2.24, 2.45) is 0 Å². The summed E-state index contributed by atoms with van der Waals surface area (Å²) in [7, 11) is 1.61. The van der Waals surface area contributed by atoms with E-state index in [1.54, 1.807) is 12.0 Å². The summed E-state index contributed by atoms with van der Waals surface area (Å²) < 4.78 is 5.26. The largest absolute Gasteiger partial charge is 0.496 e. The van der Waals surface area contributed by atoms with Crippen LogP contribution in [0.5, 0.6) is 5.75 Å². The molecule has 0 radical (unpaired) electrons. The second-order valence-corrected chi connectivity index (χ2v) is 5.45. The number of likely N-dealkylation sites (tertiary alicyclic amines) is 1. The van der Waals surface area contributed by atoms with Gasteiger partial charge >= 0.3 is 0 Å². The third-order valence-electron chi connectivity index (χ3n) is 2.88. The number of methoxy groups -OCH3 is 1. The van der Waals surface area contributed by atoms with Crippen molar-refractivity contribution in [1.82, 2.24) is 4.90 Å². The van der Waals surface area contributed by atoms with Gasteiger partial charge in [-0.25, -0.2) is 0 Å². The summed E-state index contributed by atoms with van der Waals surface area (Å²) in [6.45, 7) is 1.26. The molecule has 3 nitrogen and oxygen atoms in total. The second kappa shape index (κ2) is 5.27. The van der Waals surface area contributed by atoms with E-state index in [0.29, 0.717) is 11.6 Å². The van der Waals surface area contributed by atoms with Crippen LogP contribution in [0, 0.1) is 0 Å². The molecule has 1 aromatic carbocycles. The Bertz CT molecular complexity index is 439. The Morgan fingerprint density at radius 3 is 2.94 bits per heavy atom. The van der Waals surface area contributed by atoms with Crippen molar-refractivity contribution in [3.8, 4) is 5.75 Å². The summed E-state index contributed by atoms with van der Waals surface area (Å²) in [5.41, 5.74) is 0.867. The van der Waals surface area contributed by atoms with Gasteiger partial charge in [0.1, 0.15) is 5.75 Å². The first kappa shape index (κ1) is 12.7. The number of ether oxygens (including phenoxy) is 1. The quantitative estimate of drug-likeness (QED) is 0.802. The van der Waals surface area contributed by atoms with Crippen LogP contribution in [-0.2, 0) is 11.3 Å². The van der Waals surface area contributed by atoms with Gasteiger partial charge in [0.15, 0.2) is 0 Å². The third kappa shape index (κ3) is 2.58. The lowest BCUT2D eigenvalue weighted by Crippen LogP contribution is -2.27. The topological polar surface area (TPSA) is 29.5 Å². The van der Waals surface area contributed by atoms with Crippen LogP contribution in [0.15, 0.2) is 18.2 Å². The maximum atomic E-state index is 11.8. The number of nitrogens with zero attached hydrogens (tertiary/aromatic N) is 1. The van der Waals surface area contributed by atoms with E-state index in [0.717, 1.165) is 24.3 Å². The molecule has 0 N–H and O–H groups in total. The smallest absolute Gasteiger partial charge is 0.236 e.